The van der Waals surface area contributed by atoms with Crippen molar-refractivity contribution in [2.24, 2.45) is 0 Å². The summed E-state index contributed by atoms with van der Waals surface area (Å²) < 4.78 is 6.83. The lowest BCUT2D eigenvalue weighted by molar-refractivity contribution is 0.104. The van der Waals surface area contributed by atoms with E-state index in [1.54, 1.807) is 24.3 Å². The molecule has 1 N–H and O–H groups in total. The maximum atomic E-state index is 12.2. The molecule has 0 aliphatic carbocycles. The van der Waals surface area contributed by atoms with E-state index in [-0.39, 0.29) is 11.5 Å². The van der Waals surface area contributed by atoms with Crippen LogP contribution in [-0.4, -0.2) is 10.9 Å². The van der Waals surface area contributed by atoms with Crippen LogP contribution in [0, 0.1) is 3.57 Å². The summed E-state index contributed by atoms with van der Waals surface area (Å²) in [5, 5.41) is 9.74. The van der Waals surface area contributed by atoms with Gasteiger partial charge in [0, 0.05) is 0 Å². The maximum absolute atomic E-state index is 12.2. The molecular formula is C22H17IO3. The van der Waals surface area contributed by atoms with Gasteiger partial charge in [-0.15, -0.1) is 0 Å². The first-order chi connectivity index (χ1) is 12.6. The van der Waals surface area contributed by atoms with Crippen LogP contribution in [0.15, 0.2) is 78.9 Å². The van der Waals surface area contributed by atoms with Crippen molar-refractivity contribution in [2.45, 2.75) is 6.61 Å². The predicted molar refractivity (Wildman–Crippen MR) is 111 cm³/mol. The molecule has 3 rings (SSSR count). The molecule has 0 aromatic heterocycles. The molecule has 0 bridgehead atoms. The van der Waals surface area contributed by atoms with Crippen molar-refractivity contribution in [3.05, 3.63) is 99.1 Å². The van der Waals surface area contributed by atoms with Gasteiger partial charge < -0.3 is 9.84 Å². The summed E-state index contributed by atoms with van der Waals surface area (Å²) in [4.78, 5) is 12.2. The van der Waals surface area contributed by atoms with Gasteiger partial charge in [0.1, 0.15) is 18.1 Å². The van der Waals surface area contributed by atoms with Crippen LogP contribution >= 0.6 is 22.6 Å². The highest BCUT2D eigenvalue weighted by molar-refractivity contribution is 14.1. The molecule has 0 saturated carbocycles. The van der Waals surface area contributed by atoms with Gasteiger partial charge in [0.2, 0.25) is 0 Å². The Kier molecular flexibility index (Phi) is 6.07. The molecular weight excluding hydrogens is 439 g/mol. The Hall–Kier alpha value is -2.60. The third kappa shape index (κ3) is 4.73. The number of hydrogen-bond donors (Lipinski definition) is 1. The zero-order valence-electron chi connectivity index (χ0n) is 13.9. The molecule has 3 aromatic rings. The number of ether oxygens (including phenoxy) is 1. The van der Waals surface area contributed by atoms with Crippen molar-refractivity contribution in [2.75, 3.05) is 0 Å². The minimum absolute atomic E-state index is 0.0126. The molecule has 3 aromatic carbocycles. The summed E-state index contributed by atoms with van der Waals surface area (Å²) in [6.07, 6.45) is 3.20. The second-order valence-electron chi connectivity index (χ2n) is 5.68. The van der Waals surface area contributed by atoms with Gasteiger partial charge >= 0.3 is 0 Å². The second kappa shape index (κ2) is 8.67. The van der Waals surface area contributed by atoms with Crippen LogP contribution < -0.4 is 4.74 Å². The van der Waals surface area contributed by atoms with E-state index in [1.165, 1.54) is 12.1 Å². The van der Waals surface area contributed by atoms with Crippen LogP contribution in [0.4, 0.5) is 0 Å². The van der Waals surface area contributed by atoms with Crippen molar-refractivity contribution in [3.8, 4) is 11.5 Å². The normalized spacial score (nSPS) is 10.8. The fraction of sp³-hybridized carbons (Fsp3) is 0.0455. The molecule has 0 aliphatic rings. The lowest BCUT2D eigenvalue weighted by atomic mass is 10.1. The number of hydrogen-bond acceptors (Lipinski definition) is 3. The second-order valence-corrected chi connectivity index (χ2v) is 6.84. The number of aromatic hydroxyl groups is 1. The van der Waals surface area contributed by atoms with Gasteiger partial charge in [-0.05, 0) is 64.1 Å². The third-order valence-corrected chi connectivity index (χ3v) is 4.63. The fourth-order valence-corrected chi connectivity index (χ4v) is 3.11. The number of carbonyl (C=O) groups excluding carboxylic acids is 1. The van der Waals surface area contributed by atoms with Crippen LogP contribution in [-0.2, 0) is 6.61 Å². The highest BCUT2D eigenvalue weighted by Crippen LogP contribution is 2.24. The molecule has 0 saturated heterocycles. The van der Waals surface area contributed by atoms with E-state index >= 15 is 0 Å². The monoisotopic (exact) mass is 456 g/mol. The molecule has 0 unspecified atom stereocenters. The summed E-state index contributed by atoms with van der Waals surface area (Å²) in [5.41, 5.74) is 2.30. The maximum Gasteiger partial charge on any atom is 0.189 e. The Bertz CT molecular complexity index is 933. The number of para-hydroxylation sites is 1. The Balaban J connectivity index is 1.67. The van der Waals surface area contributed by atoms with Gasteiger partial charge in [0.25, 0.3) is 0 Å². The van der Waals surface area contributed by atoms with E-state index < -0.39 is 0 Å². The SMILES string of the molecule is O=C(/C=C/c1ccc(OCc2ccccc2)c(I)c1)c1ccccc1O. The first-order valence-corrected chi connectivity index (χ1v) is 9.18. The molecule has 0 heterocycles. The van der Waals surface area contributed by atoms with Gasteiger partial charge in [-0.25, -0.2) is 0 Å². The van der Waals surface area contributed by atoms with Crippen LogP contribution in [0.3, 0.4) is 0 Å². The quantitative estimate of drug-likeness (QED) is 0.304. The number of rotatable bonds is 6. The number of phenols is 1. The molecule has 0 aliphatic heterocycles. The first kappa shape index (κ1) is 18.2. The van der Waals surface area contributed by atoms with Gasteiger partial charge in [-0.3, -0.25) is 4.79 Å². The smallest absolute Gasteiger partial charge is 0.189 e. The molecule has 0 atom stereocenters. The summed E-state index contributed by atoms with van der Waals surface area (Å²) in [6, 6.07) is 22.3. The molecule has 3 nitrogen and oxygen atoms in total. The molecule has 0 radical (unpaired) electrons. The van der Waals surface area contributed by atoms with Crippen LogP contribution in [0.1, 0.15) is 21.5 Å². The predicted octanol–water partition coefficient (Wildman–Crippen LogP) is 5.47. The summed E-state index contributed by atoms with van der Waals surface area (Å²) in [6.45, 7) is 0.512. The average molecular weight is 456 g/mol. The van der Waals surface area contributed by atoms with Crippen molar-refractivity contribution < 1.29 is 14.6 Å². The van der Waals surface area contributed by atoms with E-state index in [4.69, 9.17) is 4.74 Å². The average Bonchev–Trinajstić information content (AvgIpc) is 2.66. The van der Waals surface area contributed by atoms with Gasteiger partial charge in [-0.1, -0.05) is 54.6 Å². The molecule has 4 heteroatoms. The number of carbonyl (C=O) groups is 1. The van der Waals surface area contributed by atoms with Crippen molar-refractivity contribution >= 4 is 34.5 Å². The number of benzene rings is 3. The molecule has 0 amide bonds. The summed E-state index contributed by atoms with van der Waals surface area (Å²) in [5.74, 6) is 0.558. The summed E-state index contributed by atoms with van der Waals surface area (Å²) >= 11 is 2.22. The zero-order valence-corrected chi connectivity index (χ0v) is 16.1. The van der Waals surface area contributed by atoms with Gasteiger partial charge in [0.15, 0.2) is 5.78 Å². The fourth-order valence-electron chi connectivity index (χ4n) is 2.42. The highest BCUT2D eigenvalue weighted by atomic mass is 127. The van der Waals surface area contributed by atoms with Crippen molar-refractivity contribution in [3.63, 3.8) is 0 Å². The highest BCUT2D eigenvalue weighted by Gasteiger charge is 2.07. The number of halogens is 1. The largest absolute Gasteiger partial charge is 0.507 e. The zero-order chi connectivity index (χ0) is 18.4. The minimum Gasteiger partial charge on any atom is -0.507 e. The summed E-state index contributed by atoms with van der Waals surface area (Å²) in [7, 11) is 0. The van der Waals surface area contributed by atoms with E-state index in [0.717, 1.165) is 20.4 Å². The number of ketones is 1. The lowest BCUT2D eigenvalue weighted by Crippen LogP contribution is -1.97. The first-order valence-electron chi connectivity index (χ1n) is 8.10. The molecule has 26 heavy (non-hydrogen) atoms. The molecule has 0 spiro atoms. The van der Waals surface area contributed by atoms with Crippen LogP contribution in [0.25, 0.3) is 6.08 Å². The van der Waals surface area contributed by atoms with Gasteiger partial charge in [0.05, 0.1) is 9.13 Å². The Morgan fingerprint density at radius 3 is 2.46 bits per heavy atom. The minimum atomic E-state index is -0.234. The van der Waals surface area contributed by atoms with E-state index in [2.05, 4.69) is 22.6 Å². The van der Waals surface area contributed by atoms with Crippen LogP contribution in [0.5, 0.6) is 11.5 Å². The van der Waals surface area contributed by atoms with Crippen molar-refractivity contribution in [1.82, 2.24) is 0 Å². The van der Waals surface area contributed by atoms with E-state index in [0.29, 0.717) is 12.2 Å². The number of allylic oxidation sites excluding steroid dienone is 1. The lowest BCUT2D eigenvalue weighted by Gasteiger charge is -2.09. The third-order valence-electron chi connectivity index (χ3n) is 3.79. The van der Waals surface area contributed by atoms with Crippen LogP contribution in [0.2, 0.25) is 0 Å². The standard InChI is InChI=1S/C22H17IO3/c23-19-14-16(10-12-21(25)18-8-4-5-9-20(18)24)11-13-22(19)26-15-17-6-2-1-3-7-17/h1-14,24H,15H2/b12-10+. The Morgan fingerprint density at radius 2 is 1.73 bits per heavy atom. The molecule has 0 fully saturated rings. The number of phenolic OH excluding ortho intramolecular Hbond substituents is 1. The Labute approximate surface area is 166 Å². The Morgan fingerprint density at radius 1 is 1.00 bits per heavy atom. The molecule has 130 valence electrons. The van der Waals surface area contributed by atoms with E-state index in [1.807, 2.05) is 48.5 Å². The topological polar surface area (TPSA) is 46.5 Å². The van der Waals surface area contributed by atoms with Gasteiger partial charge in [-0.2, -0.15) is 0 Å². The van der Waals surface area contributed by atoms with Crippen molar-refractivity contribution in [1.29, 1.82) is 0 Å². The van der Waals surface area contributed by atoms with E-state index in [9.17, 15) is 9.90 Å².